The summed E-state index contributed by atoms with van der Waals surface area (Å²) in [6.07, 6.45) is 55.8. The number of rotatable bonds is 76. The number of esters is 4. The van der Waals surface area contributed by atoms with Crippen LogP contribution in [0.15, 0.2) is 0 Å². The number of carbonyl (C=O) groups is 4. The van der Waals surface area contributed by atoms with Gasteiger partial charge < -0.3 is 33.8 Å². The van der Waals surface area contributed by atoms with Gasteiger partial charge in [-0.1, -0.05) is 350 Å². The second kappa shape index (κ2) is 68.5. The van der Waals surface area contributed by atoms with E-state index in [1.54, 1.807) is 0 Å². The Morgan fingerprint density at radius 2 is 0.526 bits per heavy atom. The van der Waals surface area contributed by atoms with E-state index in [4.69, 9.17) is 37.0 Å². The van der Waals surface area contributed by atoms with E-state index in [2.05, 4.69) is 48.5 Å². The molecule has 0 aliphatic heterocycles. The molecule has 0 aliphatic carbocycles. The van der Waals surface area contributed by atoms with Crippen LogP contribution in [0.2, 0.25) is 0 Å². The van der Waals surface area contributed by atoms with E-state index in [0.29, 0.717) is 25.7 Å². The van der Waals surface area contributed by atoms with E-state index in [0.717, 1.165) is 114 Å². The van der Waals surface area contributed by atoms with Crippen molar-refractivity contribution in [3.05, 3.63) is 0 Å². The number of aliphatic hydroxyl groups is 1. The molecule has 3 unspecified atom stereocenters. The van der Waals surface area contributed by atoms with Crippen LogP contribution in [0, 0.1) is 17.8 Å². The fourth-order valence-corrected chi connectivity index (χ4v) is 13.5. The number of hydrogen-bond donors (Lipinski definition) is 3. The van der Waals surface area contributed by atoms with Crippen LogP contribution >= 0.6 is 15.6 Å². The third-order valence-corrected chi connectivity index (χ3v) is 20.4. The molecule has 0 aromatic rings. The zero-order valence-electron chi connectivity index (χ0n) is 63.5. The molecular weight excluding hydrogens is 1270 g/mol. The monoisotopic (exact) mass is 1420 g/mol. The van der Waals surface area contributed by atoms with Gasteiger partial charge in [0.2, 0.25) is 0 Å². The van der Waals surface area contributed by atoms with Crippen molar-refractivity contribution in [2.24, 2.45) is 17.8 Å². The summed E-state index contributed by atoms with van der Waals surface area (Å²) < 4.78 is 68.4. The molecule has 97 heavy (non-hydrogen) atoms. The topological polar surface area (TPSA) is 237 Å². The predicted octanol–water partition coefficient (Wildman–Crippen LogP) is 23.0. The van der Waals surface area contributed by atoms with Gasteiger partial charge in [-0.05, 0) is 43.4 Å². The Hall–Kier alpha value is -1.94. The van der Waals surface area contributed by atoms with Crippen molar-refractivity contribution in [2.75, 3.05) is 39.6 Å². The minimum absolute atomic E-state index is 0.106. The summed E-state index contributed by atoms with van der Waals surface area (Å²) in [7, 11) is -9.91. The van der Waals surface area contributed by atoms with Crippen LogP contribution in [-0.2, 0) is 65.4 Å². The van der Waals surface area contributed by atoms with E-state index in [9.17, 15) is 43.2 Å². The summed E-state index contributed by atoms with van der Waals surface area (Å²) in [6.45, 7) is 11.9. The van der Waals surface area contributed by atoms with Gasteiger partial charge >= 0.3 is 39.5 Å². The molecule has 0 radical (unpaired) electrons. The Balaban J connectivity index is 5.14. The van der Waals surface area contributed by atoms with Crippen LogP contribution in [0.1, 0.15) is 402 Å². The number of carbonyl (C=O) groups excluding carboxylic acids is 4. The number of unbranched alkanes of at least 4 members (excludes halogenated alkanes) is 43. The third kappa shape index (κ3) is 70.9. The molecule has 0 aliphatic rings. The molecule has 0 amide bonds. The molecule has 576 valence electrons. The minimum Gasteiger partial charge on any atom is -0.462 e. The molecule has 6 atom stereocenters. The van der Waals surface area contributed by atoms with Gasteiger partial charge in [0.15, 0.2) is 12.2 Å². The Kier molecular flexibility index (Phi) is 67.1. The number of phosphoric ester groups is 2. The van der Waals surface area contributed by atoms with Gasteiger partial charge in [-0.2, -0.15) is 0 Å². The van der Waals surface area contributed by atoms with Crippen LogP contribution in [0.4, 0.5) is 0 Å². The van der Waals surface area contributed by atoms with Crippen LogP contribution in [0.25, 0.3) is 0 Å². The average molecular weight is 1420 g/mol. The molecular formula is C78H152O17P2. The van der Waals surface area contributed by atoms with E-state index in [1.165, 1.54) is 205 Å². The molecule has 0 aromatic heterocycles. The maximum atomic E-state index is 13.1. The lowest BCUT2D eigenvalue weighted by Gasteiger charge is -2.21. The smallest absolute Gasteiger partial charge is 0.462 e. The zero-order chi connectivity index (χ0) is 71.6. The van der Waals surface area contributed by atoms with Gasteiger partial charge in [-0.15, -0.1) is 0 Å². The number of phosphoric acid groups is 2. The van der Waals surface area contributed by atoms with Crippen molar-refractivity contribution >= 4 is 39.5 Å². The molecule has 0 saturated carbocycles. The van der Waals surface area contributed by atoms with E-state index >= 15 is 0 Å². The Morgan fingerprint density at radius 1 is 0.299 bits per heavy atom. The summed E-state index contributed by atoms with van der Waals surface area (Å²) in [5.74, 6) is 0.315. The van der Waals surface area contributed by atoms with Crippen LogP contribution in [0.3, 0.4) is 0 Å². The second-order valence-corrected chi connectivity index (χ2v) is 32.2. The number of hydrogen-bond acceptors (Lipinski definition) is 15. The molecule has 0 saturated heterocycles. The normalized spacial score (nSPS) is 14.3. The molecule has 0 aromatic carbocycles. The summed E-state index contributed by atoms with van der Waals surface area (Å²) in [4.78, 5) is 72.6. The lowest BCUT2D eigenvalue weighted by atomic mass is 9.99. The van der Waals surface area contributed by atoms with Gasteiger partial charge in [-0.25, -0.2) is 9.13 Å². The van der Waals surface area contributed by atoms with E-state index in [1.807, 2.05) is 0 Å². The predicted molar refractivity (Wildman–Crippen MR) is 395 cm³/mol. The molecule has 0 bridgehead atoms. The second-order valence-electron chi connectivity index (χ2n) is 29.3. The lowest BCUT2D eigenvalue weighted by Crippen LogP contribution is -2.30. The van der Waals surface area contributed by atoms with Gasteiger partial charge in [0.1, 0.15) is 19.3 Å². The first-order valence-electron chi connectivity index (χ1n) is 40.4. The average Bonchev–Trinajstić information content (AvgIpc) is 2.07. The first-order valence-corrected chi connectivity index (χ1v) is 43.4. The number of ether oxygens (including phenoxy) is 4. The fraction of sp³-hybridized carbons (Fsp3) is 0.949. The SMILES string of the molecule is CCCCCCCC(=O)OC[C@H](COP(=O)(O)OC[C@H](O)COP(=O)(O)OC[C@@H](COC(=O)CCCCCCCCCCCCCCCCC(C)C)OC(=O)CCCCCCCCCCCCCCCCC(C)CC)OC(=O)CCCCCCCCCCCCCCCCC(C)C. The van der Waals surface area contributed by atoms with Gasteiger partial charge in [0.05, 0.1) is 26.4 Å². The summed E-state index contributed by atoms with van der Waals surface area (Å²) >= 11 is 0. The van der Waals surface area contributed by atoms with Crippen LogP contribution in [0.5, 0.6) is 0 Å². The van der Waals surface area contributed by atoms with Gasteiger partial charge in [0, 0.05) is 25.7 Å². The molecule has 19 heteroatoms. The zero-order valence-corrected chi connectivity index (χ0v) is 65.3. The molecule has 17 nitrogen and oxygen atoms in total. The molecule has 0 spiro atoms. The highest BCUT2D eigenvalue weighted by Gasteiger charge is 2.30. The molecule has 0 rings (SSSR count). The van der Waals surface area contributed by atoms with Crippen LogP contribution in [-0.4, -0.2) is 96.7 Å². The standard InChI is InChI=1S/C78H152O17P2/c1-8-10-11-42-52-59-75(80)88-65-73(94-77(82)61-54-47-40-34-28-22-16-13-19-25-31-37-44-50-57-70(5)6)67-92-96(84,85)90-63-72(79)64-91-97(86,87)93-68-74(66-89-76(81)60-53-46-39-33-27-21-15-12-18-24-30-36-43-49-56-69(3)4)95-78(83)62-55-48-41-35-29-23-17-14-20-26-32-38-45-51-58-71(7)9-2/h69-74,79H,8-68H2,1-7H3,(H,84,85)(H,86,87)/t71?,72-,73+,74+/m0/s1. The Labute approximate surface area is 594 Å². The van der Waals surface area contributed by atoms with Gasteiger partial charge in [-0.3, -0.25) is 37.3 Å². The largest absolute Gasteiger partial charge is 0.472 e. The highest BCUT2D eigenvalue weighted by molar-refractivity contribution is 7.47. The fourth-order valence-electron chi connectivity index (χ4n) is 11.9. The van der Waals surface area contributed by atoms with Crippen LogP contribution < -0.4 is 0 Å². The Bertz CT molecular complexity index is 1890. The first-order chi connectivity index (χ1) is 46.8. The third-order valence-electron chi connectivity index (χ3n) is 18.5. The summed E-state index contributed by atoms with van der Waals surface area (Å²) in [5.41, 5.74) is 0. The lowest BCUT2D eigenvalue weighted by molar-refractivity contribution is -0.161. The molecule has 0 fully saturated rings. The first kappa shape index (κ1) is 95.1. The summed E-state index contributed by atoms with van der Waals surface area (Å²) in [6, 6.07) is 0. The van der Waals surface area contributed by atoms with Crippen molar-refractivity contribution in [2.45, 2.75) is 420 Å². The maximum Gasteiger partial charge on any atom is 0.472 e. The summed E-state index contributed by atoms with van der Waals surface area (Å²) in [5, 5.41) is 10.6. The minimum atomic E-state index is -4.96. The quantitative estimate of drug-likeness (QED) is 0.0222. The van der Waals surface area contributed by atoms with Crippen molar-refractivity contribution in [1.82, 2.24) is 0 Å². The van der Waals surface area contributed by atoms with Crippen molar-refractivity contribution in [3.63, 3.8) is 0 Å². The van der Waals surface area contributed by atoms with E-state index < -0.39 is 97.5 Å². The maximum absolute atomic E-state index is 13.1. The molecule has 3 N–H and O–H groups in total. The van der Waals surface area contributed by atoms with Gasteiger partial charge in [0.25, 0.3) is 0 Å². The number of aliphatic hydroxyl groups excluding tert-OH is 1. The van der Waals surface area contributed by atoms with E-state index in [-0.39, 0.29) is 25.7 Å². The highest BCUT2D eigenvalue weighted by atomic mass is 31.2. The van der Waals surface area contributed by atoms with Crippen molar-refractivity contribution in [3.8, 4) is 0 Å². The van der Waals surface area contributed by atoms with Crippen molar-refractivity contribution in [1.29, 1.82) is 0 Å². The molecule has 0 heterocycles. The highest BCUT2D eigenvalue weighted by Crippen LogP contribution is 2.45. The Morgan fingerprint density at radius 3 is 0.784 bits per heavy atom. The van der Waals surface area contributed by atoms with Crippen molar-refractivity contribution < 1.29 is 80.2 Å².